The van der Waals surface area contributed by atoms with E-state index >= 15 is 0 Å². The summed E-state index contributed by atoms with van der Waals surface area (Å²) < 4.78 is 55.7. The van der Waals surface area contributed by atoms with Crippen LogP contribution in [0.25, 0.3) is 5.70 Å². The second kappa shape index (κ2) is 11.7. The number of benzene rings is 1. The van der Waals surface area contributed by atoms with Crippen molar-refractivity contribution in [1.82, 2.24) is 34.9 Å². The SMILES string of the molecule is Cn1ccc(S(=O)(=O)N2CCC[C@@H](NC3=NC(C4=C(c5cccc(OCOP(=O)(O)O)c5)NC5OC=CN45)C=CN3)C2)n1. The highest BCUT2D eigenvalue weighted by molar-refractivity contribution is 7.89. The average Bonchev–Trinajstić information content (AvgIpc) is 3.69. The predicted octanol–water partition coefficient (Wildman–Crippen LogP) is 0.509. The lowest BCUT2D eigenvalue weighted by molar-refractivity contribution is 0.0737. The largest absolute Gasteiger partial charge is 0.472 e. The first-order valence-corrected chi connectivity index (χ1v) is 16.4. The molecule has 2 unspecified atom stereocenters. The fourth-order valence-corrected chi connectivity index (χ4v) is 6.86. The summed E-state index contributed by atoms with van der Waals surface area (Å²) in [6.45, 7) is 0.0664. The number of hydrogen-bond acceptors (Lipinski definition) is 12. The Morgan fingerprint density at radius 3 is 2.93 bits per heavy atom. The van der Waals surface area contributed by atoms with E-state index < -0.39 is 37.0 Å². The third-order valence-electron chi connectivity index (χ3n) is 7.12. The van der Waals surface area contributed by atoms with E-state index in [1.165, 1.54) is 15.1 Å². The first-order chi connectivity index (χ1) is 20.6. The predicted molar refractivity (Wildman–Crippen MR) is 153 cm³/mol. The third-order valence-corrected chi connectivity index (χ3v) is 9.32. The van der Waals surface area contributed by atoms with Crippen LogP contribution in [0.2, 0.25) is 0 Å². The summed E-state index contributed by atoms with van der Waals surface area (Å²) in [5, 5.41) is 14.0. The summed E-state index contributed by atoms with van der Waals surface area (Å²) in [6.07, 6.45) is 9.63. The minimum Gasteiger partial charge on any atom is -0.467 e. The Hall–Kier alpha value is -3.86. The lowest BCUT2D eigenvalue weighted by Crippen LogP contribution is -2.52. The van der Waals surface area contributed by atoms with Gasteiger partial charge >= 0.3 is 7.82 Å². The summed E-state index contributed by atoms with van der Waals surface area (Å²) in [4.78, 5) is 24.7. The number of guanidine groups is 1. The quantitative estimate of drug-likeness (QED) is 0.190. The molecule has 4 aliphatic heterocycles. The number of ether oxygens (including phenoxy) is 2. The number of sulfonamides is 1. The molecule has 18 heteroatoms. The van der Waals surface area contributed by atoms with Crippen LogP contribution in [-0.4, -0.2) is 81.5 Å². The van der Waals surface area contributed by atoms with Crippen LogP contribution in [0.5, 0.6) is 5.75 Å². The van der Waals surface area contributed by atoms with Gasteiger partial charge in [0, 0.05) is 50.3 Å². The number of hydrogen-bond donors (Lipinski definition) is 5. The van der Waals surface area contributed by atoms with Crippen molar-refractivity contribution in [1.29, 1.82) is 0 Å². The number of phosphoric acid groups is 1. The van der Waals surface area contributed by atoms with Crippen LogP contribution >= 0.6 is 7.82 Å². The van der Waals surface area contributed by atoms with E-state index in [2.05, 4.69) is 25.6 Å². The summed E-state index contributed by atoms with van der Waals surface area (Å²) in [7, 11) is -6.71. The Labute approximate surface area is 247 Å². The normalized spacial score (nSPS) is 23.8. The molecule has 1 fully saturated rings. The number of aryl methyl sites for hydroxylation is 1. The van der Waals surface area contributed by atoms with Crippen LogP contribution in [0.3, 0.4) is 0 Å². The molecule has 230 valence electrons. The van der Waals surface area contributed by atoms with E-state index in [-0.39, 0.29) is 17.6 Å². The number of aliphatic imine (C=N–C) groups is 1. The van der Waals surface area contributed by atoms with Gasteiger partial charge in [0.2, 0.25) is 0 Å². The summed E-state index contributed by atoms with van der Waals surface area (Å²) >= 11 is 0. The highest BCUT2D eigenvalue weighted by Gasteiger charge is 2.39. The number of nitrogens with one attached hydrogen (secondary N) is 3. The lowest BCUT2D eigenvalue weighted by Gasteiger charge is -2.33. The zero-order valence-electron chi connectivity index (χ0n) is 23.0. The number of piperidine rings is 1. The average molecular weight is 635 g/mol. The molecule has 0 bridgehead atoms. The van der Waals surface area contributed by atoms with Crippen LogP contribution in [0, 0.1) is 0 Å². The Kier molecular flexibility index (Phi) is 7.93. The standard InChI is InChI=1S/C25H31N8O8PS/c1-31-11-8-21(30-31)43(37,38)32-10-3-5-18(15-32)27-24-26-9-7-20(28-24)23-22(29-25-33(23)12-13-39-25)17-4-2-6-19(14-17)40-16-41-42(34,35)36/h2,4,6-9,11-14,18,20,25,29H,3,5,10,15-16H2,1H3,(H2,26,27,28)(H2,34,35,36)/t18-,20?,25?/m1/s1. The second-order valence-corrected chi connectivity index (χ2v) is 13.2. The molecule has 5 N–H and O–H groups in total. The van der Waals surface area contributed by atoms with Crippen molar-refractivity contribution < 1.29 is 36.8 Å². The first-order valence-electron chi connectivity index (χ1n) is 13.4. The topological polar surface area (TPSA) is 192 Å². The smallest absolute Gasteiger partial charge is 0.467 e. The molecule has 5 heterocycles. The van der Waals surface area contributed by atoms with Gasteiger partial charge in [-0.2, -0.15) is 9.40 Å². The molecule has 0 amide bonds. The maximum absolute atomic E-state index is 13.1. The molecule has 1 aromatic heterocycles. The third kappa shape index (κ3) is 6.41. The van der Waals surface area contributed by atoms with E-state index in [0.29, 0.717) is 24.7 Å². The van der Waals surface area contributed by atoms with Crippen LogP contribution < -0.4 is 20.7 Å². The Balaban J connectivity index is 1.21. The van der Waals surface area contributed by atoms with Crippen molar-refractivity contribution in [2.75, 3.05) is 19.9 Å². The zero-order valence-corrected chi connectivity index (χ0v) is 24.7. The highest BCUT2D eigenvalue weighted by atomic mass is 32.2. The Morgan fingerprint density at radius 2 is 2.14 bits per heavy atom. The van der Waals surface area contributed by atoms with Crippen molar-refractivity contribution in [3.63, 3.8) is 0 Å². The first kappa shape index (κ1) is 29.2. The van der Waals surface area contributed by atoms with E-state index in [0.717, 1.165) is 23.4 Å². The second-order valence-electron chi connectivity index (χ2n) is 10.1. The van der Waals surface area contributed by atoms with Crippen LogP contribution in [-0.2, 0) is 30.9 Å². The van der Waals surface area contributed by atoms with Gasteiger partial charge in [-0.15, -0.1) is 0 Å². The van der Waals surface area contributed by atoms with E-state index in [1.54, 1.807) is 50.1 Å². The number of rotatable bonds is 9. The molecule has 3 atom stereocenters. The van der Waals surface area contributed by atoms with Gasteiger partial charge in [0.05, 0.1) is 11.4 Å². The van der Waals surface area contributed by atoms with E-state index in [9.17, 15) is 13.0 Å². The molecule has 1 aromatic carbocycles. The van der Waals surface area contributed by atoms with Crippen molar-refractivity contribution in [2.24, 2.45) is 12.0 Å². The van der Waals surface area contributed by atoms with Gasteiger partial charge in [-0.3, -0.25) is 9.58 Å². The Morgan fingerprint density at radius 1 is 1.28 bits per heavy atom. The van der Waals surface area contributed by atoms with Crippen molar-refractivity contribution in [3.05, 3.63) is 72.5 Å². The van der Waals surface area contributed by atoms with Crippen molar-refractivity contribution in [3.8, 4) is 5.75 Å². The maximum Gasteiger partial charge on any atom is 0.472 e. The molecule has 0 saturated carbocycles. The van der Waals surface area contributed by atoms with E-state index in [4.69, 9.17) is 24.3 Å². The lowest BCUT2D eigenvalue weighted by atomic mass is 10.1. The maximum atomic E-state index is 13.1. The van der Waals surface area contributed by atoms with Gasteiger partial charge in [0.15, 0.2) is 17.8 Å². The molecule has 16 nitrogen and oxygen atoms in total. The van der Waals surface area contributed by atoms with Gasteiger partial charge in [-0.05, 0) is 37.1 Å². The van der Waals surface area contributed by atoms with Crippen molar-refractivity contribution in [2.45, 2.75) is 36.3 Å². The zero-order chi connectivity index (χ0) is 30.2. The Bertz CT molecular complexity index is 1650. The summed E-state index contributed by atoms with van der Waals surface area (Å²) in [6, 6.07) is 7.84. The van der Waals surface area contributed by atoms with Gasteiger partial charge < -0.3 is 35.2 Å². The van der Waals surface area contributed by atoms with Crippen molar-refractivity contribution >= 4 is 29.5 Å². The molecular weight excluding hydrogens is 603 g/mol. The van der Waals surface area contributed by atoms with Gasteiger partial charge in [0.25, 0.3) is 16.4 Å². The fourth-order valence-electron chi connectivity index (χ4n) is 5.20. The molecule has 0 aliphatic carbocycles. The monoisotopic (exact) mass is 634 g/mol. The van der Waals surface area contributed by atoms with Crippen LogP contribution in [0.15, 0.2) is 77.0 Å². The number of phosphoric ester groups is 1. The molecule has 4 aliphatic rings. The van der Waals surface area contributed by atoms with Crippen LogP contribution in [0.4, 0.5) is 0 Å². The molecule has 1 saturated heterocycles. The van der Waals surface area contributed by atoms with Gasteiger partial charge in [-0.25, -0.2) is 22.5 Å². The van der Waals surface area contributed by atoms with Crippen LogP contribution in [0.1, 0.15) is 18.4 Å². The molecule has 2 aromatic rings. The molecule has 43 heavy (non-hydrogen) atoms. The highest BCUT2D eigenvalue weighted by Crippen LogP contribution is 2.37. The summed E-state index contributed by atoms with van der Waals surface area (Å²) in [5.74, 6) is 0.845. The van der Waals surface area contributed by atoms with Gasteiger partial charge in [-0.1, -0.05) is 12.1 Å². The number of aromatic nitrogens is 2. The molecule has 6 rings (SSSR count). The molecule has 0 spiro atoms. The number of nitrogens with zero attached hydrogens (tertiary/aromatic N) is 5. The molecular formula is C25H31N8O8PS. The minimum absolute atomic E-state index is 0.0270. The minimum atomic E-state index is -4.67. The van der Waals surface area contributed by atoms with Gasteiger partial charge in [0.1, 0.15) is 18.1 Å². The molecule has 0 radical (unpaired) electrons. The summed E-state index contributed by atoms with van der Waals surface area (Å²) in [5.41, 5.74) is 2.25. The fraction of sp³-hybridized carbons (Fsp3) is 0.360. The number of fused-ring (bicyclic) bond motifs is 1. The van der Waals surface area contributed by atoms with E-state index in [1.807, 2.05) is 17.0 Å².